The Morgan fingerprint density at radius 3 is 2.81 bits per heavy atom. The molecule has 0 aliphatic rings. The van der Waals surface area contributed by atoms with Gasteiger partial charge >= 0.3 is 5.97 Å². The predicted molar refractivity (Wildman–Crippen MR) is 64.8 cm³/mol. The Morgan fingerprint density at radius 1 is 1.44 bits per heavy atom. The summed E-state index contributed by atoms with van der Waals surface area (Å²) in [5, 5.41) is 0. The smallest absolute Gasteiger partial charge is 0.306 e. The second-order valence-electron chi connectivity index (χ2n) is 3.05. The highest BCUT2D eigenvalue weighted by atomic mass is 32.2. The lowest BCUT2D eigenvalue weighted by Crippen LogP contribution is -2.01. The van der Waals surface area contributed by atoms with Gasteiger partial charge in [0.15, 0.2) is 0 Å². The number of hydrogen-bond acceptors (Lipinski definition) is 5. The number of para-hydroxylation sites is 1. The summed E-state index contributed by atoms with van der Waals surface area (Å²) in [7, 11) is 2.96. The number of nitrogen functional groups attached to an aromatic ring is 1. The average molecular weight is 241 g/mol. The van der Waals surface area contributed by atoms with Gasteiger partial charge in [-0.1, -0.05) is 6.07 Å². The summed E-state index contributed by atoms with van der Waals surface area (Å²) >= 11 is 1.51. The van der Waals surface area contributed by atoms with Crippen LogP contribution in [0.4, 0.5) is 5.69 Å². The second-order valence-corrected chi connectivity index (χ2v) is 4.18. The maximum absolute atomic E-state index is 10.9. The van der Waals surface area contributed by atoms with Crippen molar-refractivity contribution >= 4 is 23.4 Å². The highest BCUT2D eigenvalue weighted by Gasteiger charge is 2.06. The summed E-state index contributed by atoms with van der Waals surface area (Å²) < 4.78 is 9.66. The van der Waals surface area contributed by atoms with Crippen molar-refractivity contribution in [1.82, 2.24) is 0 Å². The monoisotopic (exact) mass is 241 g/mol. The van der Waals surface area contributed by atoms with Crippen molar-refractivity contribution < 1.29 is 14.3 Å². The molecule has 0 aromatic heterocycles. The number of rotatable bonds is 5. The summed E-state index contributed by atoms with van der Waals surface area (Å²) in [4.78, 5) is 11.8. The molecule has 0 fully saturated rings. The van der Waals surface area contributed by atoms with Gasteiger partial charge in [-0.3, -0.25) is 4.79 Å². The largest absolute Gasteiger partial charge is 0.495 e. The van der Waals surface area contributed by atoms with Crippen LogP contribution in [-0.2, 0) is 9.53 Å². The number of benzene rings is 1. The SMILES string of the molecule is COC(=O)CCSc1cccc(OC)c1N. The van der Waals surface area contributed by atoms with E-state index in [1.165, 1.54) is 18.9 Å². The number of methoxy groups -OCH3 is 2. The number of anilines is 1. The molecule has 2 N–H and O–H groups in total. The summed E-state index contributed by atoms with van der Waals surface area (Å²) in [6, 6.07) is 5.58. The molecule has 0 aliphatic carbocycles. The first-order chi connectivity index (χ1) is 7.69. The van der Waals surface area contributed by atoms with Crippen LogP contribution >= 0.6 is 11.8 Å². The van der Waals surface area contributed by atoms with Crippen LogP contribution < -0.4 is 10.5 Å². The summed E-state index contributed by atoms with van der Waals surface area (Å²) in [5.41, 5.74) is 6.49. The minimum atomic E-state index is -0.214. The highest BCUT2D eigenvalue weighted by Crippen LogP contribution is 2.32. The Kier molecular flexibility index (Phi) is 4.98. The highest BCUT2D eigenvalue weighted by molar-refractivity contribution is 7.99. The Morgan fingerprint density at radius 2 is 2.19 bits per heavy atom. The van der Waals surface area contributed by atoms with E-state index in [0.717, 1.165) is 4.90 Å². The van der Waals surface area contributed by atoms with Gasteiger partial charge < -0.3 is 15.2 Å². The molecule has 0 saturated heterocycles. The maximum atomic E-state index is 10.9. The lowest BCUT2D eigenvalue weighted by molar-refractivity contribution is -0.140. The van der Waals surface area contributed by atoms with Crippen LogP contribution in [0.3, 0.4) is 0 Å². The molecule has 0 saturated carbocycles. The topological polar surface area (TPSA) is 61.5 Å². The van der Waals surface area contributed by atoms with Crippen LogP contribution in [0, 0.1) is 0 Å². The maximum Gasteiger partial charge on any atom is 0.306 e. The van der Waals surface area contributed by atoms with Crippen LogP contribution in [0.1, 0.15) is 6.42 Å². The van der Waals surface area contributed by atoms with Gasteiger partial charge in [0.2, 0.25) is 0 Å². The van der Waals surface area contributed by atoms with Gasteiger partial charge in [0.25, 0.3) is 0 Å². The standard InChI is InChI=1S/C11H15NO3S/c1-14-8-4-3-5-9(11(8)12)16-7-6-10(13)15-2/h3-5H,6-7,12H2,1-2H3. The zero-order valence-corrected chi connectivity index (χ0v) is 10.2. The third-order valence-electron chi connectivity index (χ3n) is 2.04. The zero-order valence-electron chi connectivity index (χ0n) is 9.36. The molecule has 0 heterocycles. The van der Waals surface area contributed by atoms with Crippen LogP contribution in [-0.4, -0.2) is 25.9 Å². The van der Waals surface area contributed by atoms with Gasteiger partial charge in [-0.25, -0.2) is 0 Å². The van der Waals surface area contributed by atoms with Crippen LogP contribution in [0.2, 0.25) is 0 Å². The Balaban J connectivity index is 2.57. The molecule has 5 heteroatoms. The lowest BCUT2D eigenvalue weighted by Gasteiger charge is -2.08. The minimum Gasteiger partial charge on any atom is -0.495 e. The Labute approximate surface area is 99.1 Å². The first-order valence-electron chi connectivity index (χ1n) is 4.81. The summed E-state index contributed by atoms with van der Waals surface area (Å²) in [6.07, 6.45) is 0.373. The van der Waals surface area contributed by atoms with E-state index in [1.54, 1.807) is 13.2 Å². The number of thioether (sulfide) groups is 1. The van der Waals surface area contributed by atoms with Crippen LogP contribution in [0.15, 0.2) is 23.1 Å². The molecule has 1 aromatic rings. The van der Waals surface area contributed by atoms with Crippen molar-refractivity contribution in [3.8, 4) is 5.75 Å². The average Bonchev–Trinajstić information content (AvgIpc) is 2.31. The van der Waals surface area contributed by atoms with Gasteiger partial charge in [0, 0.05) is 10.6 Å². The number of nitrogens with two attached hydrogens (primary N) is 1. The Hall–Kier alpha value is -1.36. The number of hydrogen-bond donors (Lipinski definition) is 1. The fourth-order valence-electron chi connectivity index (χ4n) is 1.17. The molecule has 16 heavy (non-hydrogen) atoms. The van der Waals surface area contributed by atoms with Crippen molar-refractivity contribution in [2.75, 3.05) is 25.7 Å². The molecule has 0 bridgehead atoms. The predicted octanol–water partition coefficient (Wildman–Crippen LogP) is 1.93. The van der Waals surface area contributed by atoms with Crippen LogP contribution in [0.25, 0.3) is 0 Å². The number of esters is 1. The van der Waals surface area contributed by atoms with Crippen molar-refractivity contribution in [3.05, 3.63) is 18.2 Å². The van der Waals surface area contributed by atoms with Gasteiger partial charge in [-0.05, 0) is 12.1 Å². The molecular weight excluding hydrogens is 226 g/mol. The van der Waals surface area contributed by atoms with Gasteiger partial charge in [-0.15, -0.1) is 11.8 Å². The molecule has 0 amide bonds. The third kappa shape index (κ3) is 3.34. The quantitative estimate of drug-likeness (QED) is 0.485. The second kappa shape index (κ2) is 6.27. The molecule has 1 rings (SSSR count). The normalized spacial score (nSPS) is 9.88. The number of carbonyl (C=O) groups excluding carboxylic acids is 1. The molecule has 1 aromatic carbocycles. The third-order valence-corrected chi connectivity index (χ3v) is 3.11. The Bertz CT molecular complexity index is 368. The van der Waals surface area contributed by atoms with E-state index in [-0.39, 0.29) is 5.97 Å². The molecule has 0 atom stereocenters. The lowest BCUT2D eigenvalue weighted by atomic mass is 10.3. The first kappa shape index (κ1) is 12.7. The van der Waals surface area contributed by atoms with Crippen molar-refractivity contribution in [2.45, 2.75) is 11.3 Å². The van der Waals surface area contributed by atoms with E-state index in [9.17, 15) is 4.79 Å². The van der Waals surface area contributed by atoms with E-state index in [4.69, 9.17) is 10.5 Å². The van der Waals surface area contributed by atoms with Gasteiger partial charge in [-0.2, -0.15) is 0 Å². The first-order valence-corrected chi connectivity index (χ1v) is 5.79. The molecule has 4 nitrogen and oxygen atoms in total. The molecule has 0 aliphatic heterocycles. The fraction of sp³-hybridized carbons (Fsp3) is 0.364. The van der Waals surface area contributed by atoms with E-state index in [1.807, 2.05) is 12.1 Å². The minimum absolute atomic E-state index is 0.214. The summed E-state index contributed by atoms with van der Waals surface area (Å²) in [5.74, 6) is 1.08. The van der Waals surface area contributed by atoms with Crippen molar-refractivity contribution in [3.63, 3.8) is 0 Å². The number of carbonyl (C=O) groups is 1. The molecule has 88 valence electrons. The van der Waals surface area contributed by atoms with Crippen molar-refractivity contribution in [2.24, 2.45) is 0 Å². The van der Waals surface area contributed by atoms with E-state index >= 15 is 0 Å². The molecule has 0 radical (unpaired) electrons. The van der Waals surface area contributed by atoms with E-state index < -0.39 is 0 Å². The zero-order chi connectivity index (χ0) is 12.0. The summed E-state index contributed by atoms with van der Waals surface area (Å²) in [6.45, 7) is 0. The number of ether oxygens (including phenoxy) is 2. The molecule has 0 unspecified atom stereocenters. The van der Waals surface area contributed by atoms with Crippen molar-refractivity contribution in [1.29, 1.82) is 0 Å². The molecule has 0 spiro atoms. The van der Waals surface area contributed by atoms with Crippen LogP contribution in [0.5, 0.6) is 5.75 Å². The van der Waals surface area contributed by atoms with Gasteiger partial charge in [0.1, 0.15) is 5.75 Å². The van der Waals surface area contributed by atoms with E-state index in [0.29, 0.717) is 23.6 Å². The molecular formula is C11H15NO3S. The van der Waals surface area contributed by atoms with E-state index in [2.05, 4.69) is 4.74 Å². The van der Waals surface area contributed by atoms with Gasteiger partial charge in [0.05, 0.1) is 26.3 Å². The fourth-order valence-corrected chi connectivity index (χ4v) is 2.09.